The van der Waals surface area contributed by atoms with Gasteiger partial charge in [-0.3, -0.25) is 4.79 Å². The summed E-state index contributed by atoms with van der Waals surface area (Å²) in [6, 6.07) is 0. The number of carboxylic acids is 1. The van der Waals surface area contributed by atoms with Gasteiger partial charge in [-0.15, -0.1) is 0 Å². The predicted octanol–water partition coefficient (Wildman–Crippen LogP) is 0.778. The second-order valence-corrected chi connectivity index (χ2v) is 0.519. The number of carbonyl (C=O) groups is 1. The maximum atomic E-state index is 9.00. The Balaban J connectivity index is 0. The first-order chi connectivity index (χ1) is 2.73. The van der Waals surface area contributed by atoms with Gasteiger partial charge in [0.05, 0.1) is 0 Å². The van der Waals surface area contributed by atoms with Crippen LogP contribution < -0.4 is 0 Å². The summed E-state index contributed by atoms with van der Waals surface area (Å²) in [5, 5.41) is 7.42. The van der Waals surface area contributed by atoms with Crippen molar-refractivity contribution in [2.75, 3.05) is 0 Å². The van der Waals surface area contributed by atoms with Crippen molar-refractivity contribution in [1.82, 2.24) is 0 Å². The molecule has 0 fully saturated rings. The summed E-state index contributed by atoms with van der Waals surface area (Å²) in [6.07, 6.45) is 0. The minimum absolute atomic E-state index is 0.833. The summed E-state index contributed by atoms with van der Waals surface area (Å²) < 4.78 is 0. The zero-order valence-electron chi connectivity index (χ0n) is 3.05. The monoisotopic (exact) mass is 290 g/mol. The van der Waals surface area contributed by atoms with Crippen molar-refractivity contribution in [2.45, 2.75) is 6.92 Å². The second kappa shape index (κ2) is 9.07. The molecule has 0 aromatic carbocycles. The van der Waals surface area contributed by atoms with Crippen LogP contribution in [0.5, 0.6) is 0 Å². The van der Waals surface area contributed by atoms with Crippen LogP contribution in [0.2, 0.25) is 0 Å². The molecule has 0 aromatic heterocycles. The normalized spacial score (nSPS) is 5.33. The van der Waals surface area contributed by atoms with Crippen LogP contribution in [-0.4, -0.2) is 11.1 Å². The third-order valence-corrected chi connectivity index (χ3v) is 0. The third-order valence-electron chi connectivity index (χ3n) is 0. The summed E-state index contributed by atoms with van der Waals surface area (Å²) in [6.45, 7) is 1.08. The van der Waals surface area contributed by atoms with Gasteiger partial charge < -0.3 is 5.11 Å². The van der Waals surface area contributed by atoms with Crippen LogP contribution in [-0.2, 0) is 23.6 Å². The second-order valence-electron chi connectivity index (χ2n) is 0.519. The molecule has 0 aliphatic carbocycles. The van der Waals surface area contributed by atoms with E-state index in [0.717, 1.165) is 6.92 Å². The Morgan fingerprint density at radius 2 is 1.83 bits per heavy atom. The van der Waals surface area contributed by atoms with Gasteiger partial charge in [-0.2, -0.15) is 0 Å². The van der Waals surface area contributed by atoms with Crippen LogP contribution in [0.1, 0.15) is 6.92 Å². The van der Waals surface area contributed by atoms with Gasteiger partial charge in [0.15, 0.2) is 0 Å². The average molecular weight is 291 g/mol. The number of carboxylic acid groups (broad SMARTS) is 1. The molecule has 0 aliphatic heterocycles. The molecule has 4 heteroatoms. The fourth-order valence-electron chi connectivity index (χ4n) is 0. The minimum atomic E-state index is -0.833. The van der Waals surface area contributed by atoms with Crippen molar-refractivity contribution in [3.05, 3.63) is 0 Å². The molecular formula is C2H4ClO2Pt. The molecule has 0 unspecified atom stereocenters. The Bertz CT molecular complexity index is 34.5. The van der Waals surface area contributed by atoms with Gasteiger partial charge >= 0.3 is 28.2 Å². The van der Waals surface area contributed by atoms with E-state index in [-0.39, 0.29) is 0 Å². The molecule has 41 valence electrons. The Labute approximate surface area is 51.3 Å². The molecule has 0 saturated carbocycles. The standard InChI is InChI=1S/C2H4O2.ClH.Pt/c1-2(3)4;;/h1H3,(H,3,4);1H;/q;;+1/p-1. The Kier molecular flexibility index (Phi) is 14.6. The van der Waals surface area contributed by atoms with E-state index in [1.165, 1.54) is 0 Å². The number of hydrogen-bond donors (Lipinski definition) is 1. The molecule has 6 heavy (non-hydrogen) atoms. The third kappa shape index (κ3) is 263. The quantitative estimate of drug-likeness (QED) is 0.716. The van der Waals surface area contributed by atoms with E-state index in [2.05, 4.69) is 9.42 Å². The molecule has 0 saturated heterocycles. The van der Waals surface area contributed by atoms with Crippen LogP contribution in [0.25, 0.3) is 0 Å². The van der Waals surface area contributed by atoms with Crippen LogP contribution >= 0.6 is 9.42 Å². The molecule has 0 heterocycles. The fourth-order valence-corrected chi connectivity index (χ4v) is 0. The zero-order chi connectivity index (χ0) is 5.58. The molecule has 0 radical (unpaired) electrons. The molecule has 0 aromatic rings. The van der Waals surface area contributed by atoms with Crippen LogP contribution in [0, 0.1) is 0 Å². The maximum absolute atomic E-state index is 9.00. The molecule has 0 atom stereocenters. The van der Waals surface area contributed by atoms with Gasteiger partial charge in [-0.25, -0.2) is 0 Å². The van der Waals surface area contributed by atoms with E-state index in [0.29, 0.717) is 0 Å². The van der Waals surface area contributed by atoms with Gasteiger partial charge in [-0.05, 0) is 0 Å². The van der Waals surface area contributed by atoms with Crippen molar-refractivity contribution in [3.63, 3.8) is 0 Å². The summed E-state index contributed by atoms with van der Waals surface area (Å²) in [7, 11) is 4.61. The Hall–Kier alpha value is 0.448. The van der Waals surface area contributed by atoms with Crippen molar-refractivity contribution in [2.24, 2.45) is 0 Å². The van der Waals surface area contributed by atoms with Crippen molar-refractivity contribution >= 4 is 15.4 Å². The topological polar surface area (TPSA) is 37.3 Å². The predicted molar refractivity (Wildman–Crippen MR) is 19.2 cm³/mol. The van der Waals surface area contributed by atoms with Crippen molar-refractivity contribution in [3.8, 4) is 0 Å². The Morgan fingerprint density at radius 1 is 1.83 bits per heavy atom. The van der Waals surface area contributed by atoms with Gasteiger partial charge in [-0.1, -0.05) is 0 Å². The van der Waals surface area contributed by atoms with Gasteiger partial charge in [0.1, 0.15) is 0 Å². The van der Waals surface area contributed by atoms with Gasteiger partial charge in [0.25, 0.3) is 5.97 Å². The first-order valence-electron chi connectivity index (χ1n) is 1.05. The molecule has 0 aliphatic rings. The summed E-state index contributed by atoms with van der Waals surface area (Å²) in [5.74, 6) is -0.833. The molecule has 1 N–H and O–H groups in total. The van der Waals surface area contributed by atoms with E-state index >= 15 is 0 Å². The summed E-state index contributed by atoms with van der Waals surface area (Å²) in [5.41, 5.74) is 0. The first kappa shape index (κ1) is 9.67. The number of halogens is 1. The van der Waals surface area contributed by atoms with Crippen LogP contribution in [0.3, 0.4) is 0 Å². The molecule has 2 nitrogen and oxygen atoms in total. The Morgan fingerprint density at radius 3 is 1.83 bits per heavy atom. The van der Waals surface area contributed by atoms with Gasteiger partial charge in [0, 0.05) is 6.92 Å². The SMILES string of the molecule is CC(=O)O.[Cl][Pt]. The molecule has 0 amide bonds. The van der Waals surface area contributed by atoms with E-state index in [1.54, 1.807) is 18.8 Å². The van der Waals surface area contributed by atoms with Gasteiger partial charge in [0.2, 0.25) is 0 Å². The molecule has 0 spiro atoms. The van der Waals surface area contributed by atoms with Crippen molar-refractivity contribution in [1.29, 1.82) is 0 Å². The summed E-state index contributed by atoms with van der Waals surface area (Å²) >= 11 is 1.61. The zero-order valence-corrected chi connectivity index (χ0v) is 6.08. The van der Waals surface area contributed by atoms with Crippen molar-refractivity contribution < 1.29 is 28.7 Å². The number of rotatable bonds is 0. The average Bonchev–Trinajstić information content (AvgIpc) is 1.41. The molecular weight excluding hydrogens is 287 g/mol. The number of aliphatic carboxylic acids is 1. The van der Waals surface area contributed by atoms with E-state index in [1.807, 2.05) is 0 Å². The molecule has 0 bridgehead atoms. The van der Waals surface area contributed by atoms with Crippen LogP contribution in [0.4, 0.5) is 0 Å². The van der Waals surface area contributed by atoms with E-state index in [9.17, 15) is 0 Å². The van der Waals surface area contributed by atoms with E-state index in [4.69, 9.17) is 9.90 Å². The molecule has 0 rings (SSSR count). The number of hydrogen-bond acceptors (Lipinski definition) is 1. The van der Waals surface area contributed by atoms with E-state index < -0.39 is 5.97 Å². The van der Waals surface area contributed by atoms with Crippen LogP contribution in [0.15, 0.2) is 0 Å². The fraction of sp³-hybridized carbons (Fsp3) is 0.500. The first-order valence-corrected chi connectivity index (χ1v) is 3.86. The summed E-state index contributed by atoms with van der Waals surface area (Å²) in [4.78, 5) is 9.00.